The molecule has 0 radical (unpaired) electrons. The quantitative estimate of drug-likeness (QED) is 0.490. The van der Waals surface area contributed by atoms with Crippen LogP contribution in [0.5, 0.6) is 0 Å². The molecule has 5 nitrogen and oxygen atoms in total. The van der Waals surface area contributed by atoms with Crippen molar-refractivity contribution in [3.8, 4) is 0 Å². The number of ether oxygens (including phenoxy) is 1. The van der Waals surface area contributed by atoms with E-state index in [0.717, 1.165) is 15.0 Å². The van der Waals surface area contributed by atoms with Crippen LogP contribution in [-0.2, 0) is 16.1 Å². The van der Waals surface area contributed by atoms with E-state index >= 15 is 0 Å². The van der Waals surface area contributed by atoms with Crippen molar-refractivity contribution in [2.75, 3.05) is 7.11 Å². The SMILES string of the molecule is COC(=O)Cn1nc(I)c2cc(S)ccc2c1=O. The highest BCUT2D eigenvalue weighted by Gasteiger charge is 2.11. The molecule has 1 aromatic heterocycles. The molecule has 0 spiro atoms. The average molecular weight is 376 g/mol. The van der Waals surface area contributed by atoms with Crippen LogP contribution in [0.4, 0.5) is 0 Å². The number of carbonyl (C=O) groups excluding carboxylic acids is 1. The molecule has 0 N–H and O–H groups in total. The number of methoxy groups -OCH3 is 1. The second-order valence-electron chi connectivity index (χ2n) is 3.56. The van der Waals surface area contributed by atoms with E-state index in [0.29, 0.717) is 9.09 Å². The molecule has 7 heteroatoms. The summed E-state index contributed by atoms with van der Waals surface area (Å²) in [6.07, 6.45) is 0. The lowest BCUT2D eigenvalue weighted by Crippen LogP contribution is -2.28. The molecule has 0 saturated carbocycles. The number of rotatable bonds is 2. The van der Waals surface area contributed by atoms with Gasteiger partial charge >= 0.3 is 5.97 Å². The number of thiol groups is 1. The van der Waals surface area contributed by atoms with Gasteiger partial charge in [-0.3, -0.25) is 9.59 Å². The van der Waals surface area contributed by atoms with Gasteiger partial charge in [0, 0.05) is 10.3 Å². The van der Waals surface area contributed by atoms with E-state index < -0.39 is 5.97 Å². The zero-order valence-electron chi connectivity index (χ0n) is 9.38. The van der Waals surface area contributed by atoms with Gasteiger partial charge in [0.15, 0.2) is 0 Å². The fourth-order valence-corrected chi connectivity index (χ4v) is 2.44. The molecule has 0 unspecified atom stereocenters. The highest BCUT2D eigenvalue weighted by molar-refractivity contribution is 14.1. The summed E-state index contributed by atoms with van der Waals surface area (Å²) in [5.74, 6) is -0.509. The monoisotopic (exact) mass is 376 g/mol. The summed E-state index contributed by atoms with van der Waals surface area (Å²) in [6, 6.07) is 5.18. The normalized spacial score (nSPS) is 10.6. The van der Waals surface area contributed by atoms with E-state index in [9.17, 15) is 9.59 Å². The minimum atomic E-state index is -0.509. The fourth-order valence-electron chi connectivity index (χ4n) is 1.53. The highest BCUT2D eigenvalue weighted by Crippen LogP contribution is 2.19. The second-order valence-corrected chi connectivity index (χ2v) is 5.10. The van der Waals surface area contributed by atoms with Crippen molar-refractivity contribution < 1.29 is 9.53 Å². The topological polar surface area (TPSA) is 61.2 Å². The van der Waals surface area contributed by atoms with Gasteiger partial charge < -0.3 is 4.74 Å². The molecule has 0 amide bonds. The van der Waals surface area contributed by atoms with Crippen molar-refractivity contribution in [3.05, 3.63) is 32.3 Å². The molecule has 0 fully saturated rings. The van der Waals surface area contributed by atoms with Crippen LogP contribution in [0.1, 0.15) is 0 Å². The summed E-state index contributed by atoms with van der Waals surface area (Å²) < 4.78 is 6.27. The van der Waals surface area contributed by atoms with Gasteiger partial charge in [-0.1, -0.05) is 0 Å². The lowest BCUT2D eigenvalue weighted by molar-refractivity contribution is -0.141. The maximum Gasteiger partial charge on any atom is 0.327 e. The molecule has 0 aliphatic rings. The maximum atomic E-state index is 12.1. The van der Waals surface area contributed by atoms with Crippen LogP contribution in [0.2, 0.25) is 0 Å². The molecule has 1 aromatic carbocycles. The first kappa shape index (κ1) is 13.3. The number of nitrogens with zero attached hydrogens (tertiary/aromatic N) is 2. The van der Waals surface area contributed by atoms with Gasteiger partial charge in [0.2, 0.25) is 0 Å². The zero-order valence-corrected chi connectivity index (χ0v) is 12.4. The van der Waals surface area contributed by atoms with Crippen molar-refractivity contribution in [2.24, 2.45) is 0 Å². The van der Waals surface area contributed by atoms with Crippen LogP contribution in [-0.4, -0.2) is 22.9 Å². The molecule has 2 aromatic rings. The van der Waals surface area contributed by atoms with Gasteiger partial charge in [0.1, 0.15) is 10.2 Å². The van der Waals surface area contributed by atoms with E-state index in [4.69, 9.17) is 0 Å². The van der Waals surface area contributed by atoms with Crippen molar-refractivity contribution in [1.29, 1.82) is 0 Å². The Kier molecular flexibility index (Phi) is 3.91. The summed E-state index contributed by atoms with van der Waals surface area (Å²) in [4.78, 5) is 24.1. The average Bonchev–Trinajstić information content (AvgIpc) is 2.35. The smallest absolute Gasteiger partial charge is 0.327 e. The minimum Gasteiger partial charge on any atom is -0.468 e. The maximum absolute atomic E-state index is 12.1. The van der Waals surface area contributed by atoms with E-state index in [1.807, 2.05) is 22.6 Å². The van der Waals surface area contributed by atoms with Gasteiger partial charge in [0.05, 0.1) is 12.5 Å². The molecule has 18 heavy (non-hydrogen) atoms. The van der Waals surface area contributed by atoms with Crippen LogP contribution in [0.25, 0.3) is 10.8 Å². The van der Waals surface area contributed by atoms with Gasteiger partial charge in [-0.05, 0) is 40.8 Å². The summed E-state index contributed by atoms with van der Waals surface area (Å²) in [7, 11) is 1.27. The summed E-state index contributed by atoms with van der Waals surface area (Å²) >= 11 is 6.24. The first-order valence-corrected chi connectivity index (χ1v) is 6.51. The van der Waals surface area contributed by atoms with Crippen LogP contribution in [0.3, 0.4) is 0 Å². The van der Waals surface area contributed by atoms with E-state index in [1.54, 1.807) is 18.2 Å². The molecule has 0 aliphatic carbocycles. The second kappa shape index (κ2) is 5.27. The largest absolute Gasteiger partial charge is 0.468 e. The first-order valence-electron chi connectivity index (χ1n) is 4.99. The van der Waals surface area contributed by atoms with Crippen molar-refractivity contribution in [2.45, 2.75) is 11.4 Å². The molecule has 94 valence electrons. The van der Waals surface area contributed by atoms with Crippen LogP contribution in [0, 0.1) is 3.70 Å². The van der Waals surface area contributed by atoms with Crippen LogP contribution in [0.15, 0.2) is 27.9 Å². The van der Waals surface area contributed by atoms with Crippen LogP contribution >= 0.6 is 35.2 Å². The summed E-state index contributed by atoms with van der Waals surface area (Å²) in [5.41, 5.74) is -0.316. The van der Waals surface area contributed by atoms with Crippen molar-refractivity contribution in [1.82, 2.24) is 9.78 Å². The van der Waals surface area contributed by atoms with Crippen molar-refractivity contribution in [3.63, 3.8) is 0 Å². The molecular weight excluding hydrogens is 367 g/mol. The Bertz CT molecular complexity index is 684. The number of fused-ring (bicyclic) bond motifs is 1. The Labute approximate surface area is 122 Å². The Morgan fingerprint density at radius 3 is 2.89 bits per heavy atom. The number of esters is 1. The summed E-state index contributed by atoms with van der Waals surface area (Å²) in [6.45, 7) is -0.191. The third-order valence-electron chi connectivity index (χ3n) is 2.41. The standard InChI is InChI=1S/C11H9IN2O3S/c1-17-9(15)5-14-11(16)7-3-2-6(18)4-8(7)10(12)13-14/h2-4,18H,5H2,1H3. The Balaban J connectivity index is 2.65. The third kappa shape index (κ3) is 2.51. The van der Waals surface area contributed by atoms with Gasteiger partial charge in [0.25, 0.3) is 5.56 Å². The van der Waals surface area contributed by atoms with Gasteiger partial charge in [-0.25, -0.2) is 4.68 Å². The number of carbonyl (C=O) groups is 1. The van der Waals surface area contributed by atoms with Gasteiger partial charge in [-0.2, -0.15) is 5.10 Å². The molecule has 1 heterocycles. The Hall–Kier alpha value is -1.09. The molecule has 0 atom stereocenters. The number of hydrogen-bond acceptors (Lipinski definition) is 5. The fraction of sp³-hybridized carbons (Fsp3) is 0.182. The number of aromatic nitrogens is 2. The lowest BCUT2D eigenvalue weighted by Gasteiger charge is -2.07. The van der Waals surface area contributed by atoms with E-state index in [2.05, 4.69) is 22.5 Å². The van der Waals surface area contributed by atoms with E-state index in [1.165, 1.54) is 7.11 Å². The first-order chi connectivity index (χ1) is 8.52. The molecular formula is C11H9IN2O3S. The molecule has 0 saturated heterocycles. The number of benzene rings is 1. The van der Waals surface area contributed by atoms with Crippen LogP contribution < -0.4 is 5.56 Å². The minimum absolute atomic E-state index is 0.191. The Morgan fingerprint density at radius 1 is 1.50 bits per heavy atom. The number of hydrogen-bond donors (Lipinski definition) is 1. The Morgan fingerprint density at radius 2 is 2.22 bits per heavy atom. The summed E-state index contributed by atoms with van der Waals surface area (Å²) in [5, 5.41) is 5.33. The highest BCUT2D eigenvalue weighted by atomic mass is 127. The van der Waals surface area contributed by atoms with Crippen molar-refractivity contribution >= 4 is 52.0 Å². The third-order valence-corrected chi connectivity index (χ3v) is 3.48. The van der Waals surface area contributed by atoms with Gasteiger partial charge in [-0.15, -0.1) is 12.6 Å². The molecule has 2 rings (SSSR count). The predicted octanol–water partition coefficient (Wildman–Crippen LogP) is 1.46. The zero-order chi connectivity index (χ0) is 13.3. The van der Waals surface area contributed by atoms with E-state index in [-0.39, 0.29) is 12.1 Å². The molecule has 0 aliphatic heterocycles. The number of halogens is 1. The molecule has 0 bridgehead atoms. The predicted molar refractivity (Wildman–Crippen MR) is 78.0 cm³/mol. The lowest BCUT2D eigenvalue weighted by atomic mass is 10.2.